The highest BCUT2D eigenvalue weighted by atomic mass is 19.1. The molecular formula is C24H20FN3O3. The Morgan fingerprint density at radius 1 is 1.10 bits per heavy atom. The second-order valence-electron chi connectivity index (χ2n) is 6.99. The van der Waals surface area contributed by atoms with Gasteiger partial charge in [-0.1, -0.05) is 30.3 Å². The lowest BCUT2D eigenvalue weighted by molar-refractivity contribution is 0.0949. The molecule has 0 radical (unpaired) electrons. The lowest BCUT2D eigenvalue weighted by Gasteiger charge is -2.13. The zero-order valence-electron chi connectivity index (χ0n) is 16.8. The number of pyridine rings is 2. The molecule has 4 aromatic rings. The summed E-state index contributed by atoms with van der Waals surface area (Å²) >= 11 is 0. The average molecular weight is 417 g/mol. The number of methoxy groups -OCH3 is 1. The van der Waals surface area contributed by atoms with Crippen molar-refractivity contribution in [3.05, 3.63) is 106 Å². The topological polar surface area (TPSA) is 73.2 Å². The molecule has 0 spiro atoms. The summed E-state index contributed by atoms with van der Waals surface area (Å²) < 4.78 is 20.7. The van der Waals surface area contributed by atoms with Crippen LogP contribution in [0.2, 0.25) is 0 Å². The van der Waals surface area contributed by atoms with Gasteiger partial charge in [-0.25, -0.2) is 9.37 Å². The van der Waals surface area contributed by atoms with Gasteiger partial charge in [0.15, 0.2) is 0 Å². The first-order chi connectivity index (χ1) is 15.1. The van der Waals surface area contributed by atoms with Crippen LogP contribution < -0.4 is 15.6 Å². The molecule has 1 amide bonds. The summed E-state index contributed by atoms with van der Waals surface area (Å²) in [4.78, 5) is 30.3. The highest BCUT2D eigenvalue weighted by Gasteiger charge is 2.17. The molecule has 0 unspecified atom stereocenters. The van der Waals surface area contributed by atoms with E-state index in [0.717, 1.165) is 5.56 Å². The number of aromatic nitrogens is 2. The smallest absolute Gasteiger partial charge is 0.265 e. The Bertz CT molecular complexity index is 1320. The van der Waals surface area contributed by atoms with Crippen LogP contribution in [-0.4, -0.2) is 22.6 Å². The third-order valence-corrected chi connectivity index (χ3v) is 4.97. The summed E-state index contributed by atoms with van der Waals surface area (Å²) in [5, 5.41) is 3.39. The van der Waals surface area contributed by atoms with Crippen LogP contribution >= 0.6 is 0 Å². The van der Waals surface area contributed by atoms with Gasteiger partial charge in [-0.3, -0.25) is 14.2 Å². The summed E-state index contributed by atoms with van der Waals surface area (Å²) in [5.41, 5.74) is 1.00. The van der Waals surface area contributed by atoms with E-state index in [2.05, 4.69) is 10.3 Å². The monoisotopic (exact) mass is 417 g/mol. The quantitative estimate of drug-likeness (QED) is 0.521. The van der Waals surface area contributed by atoms with Crippen molar-refractivity contribution in [3.8, 4) is 5.75 Å². The van der Waals surface area contributed by atoms with E-state index in [1.54, 1.807) is 49.7 Å². The van der Waals surface area contributed by atoms with Gasteiger partial charge < -0.3 is 10.1 Å². The molecule has 4 rings (SSSR count). The van der Waals surface area contributed by atoms with Gasteiger partial charge in [-0.15, -0.1) is 0 Å². The number of rotatable bonds is 6. The summed E-state index contributed by atoms with van der Waals surface area (Å²) in [7, 11) is 1.57. The fourth-order valence-electron chi connectivity index (χ4n) is 3.37. The van der Waals surface area contributed by atoms with Crippen molar-refractivity contribution < 1.29 is 13.9 Å². The number of amides is 1. The van der Waals surface area contributed by atoms with E-state index in [1.807, 2.05) is 18.2 Å². The number of carbonyl (C=O) groups excluding carboxylic acids is 1. The minimum Gasteiger partial charge on any atom is -0.497 e. The molecule has 0 fully saturated rings. The van der Waals surface area contributed by atoms with Crippen LogP contribution in [0.1, 0.15) is 21.5 Å². The molecule has 7 heteroatoms. The molecule has 0 saturated carbocycles. The molecule has 0 saturated heterocycles. The molecule has 1 N–H and O–H groups in total. The SMILES string of the molecule is COc1cccc(CNC(=O)c2cc3cccnc3n(Cc3ccccc3F)c2=O)c1. The number of fused-ring (bicyclic) bond motifs is 1. The Balaban J connectivity index is 1.69. The van der Waals surface area contributed by atoms with Crippen LogP contribution in [0, 0.1) is 5.82 Å². The molecule has 2 heterocycles. The Labute approximate surface area is 177 Å². The van der Waals surface area contributed by atoms with E-state index in [0.29, 0.717) is 22.3 Å². The number of hydrogen-bond acceptors (Lipinski definition) is 4. The summed E-state index contributed by atoms with van der Waals surface area (Å²) in [5.74, 6) is -0.261. The summed E-state index contributed by atoms with van der Waals surface area (Å²) in [6.07, 6.45) is 1.56. The van der Waals surface area contributed by atoms with Gasteiger partial charge in [-0.05, 0) is 42.0 Å². The number of benzene rings is 2. The molecule has 156 valence electrons. The third kappa shape index (κ3) is 4.30. The van der Waals surface area contributed by atoms with Crippen molar-refractivity contribution in [3.63, 3.8) is 0 Å². The fraction of sp³-hybridized carbons (Fsp3) is 0.125. The van der Waals surface area contributed by atoms with Crippen LogP contribution in [-0.2, 0) is 13.1 Å². The number of carbonyl (C=O) groups is 1. The first-order valence-electron chi connectivity index (χ1n) is 9.70. The number of halogens is 1. The second-order valence-corrected chi connectivity index (χ2v) is 6.99. The van der Waals surface area contributed by atoms with Crippen molar-refractivity contribution in [2.75, 3.05) is 7.11 Å². The van der Waals surface area contributed by atoms with E-state index in [1.165, 1.54) is 16.7 Å². The molecule has 31 heavy (non-hydrogen) atoms. The lowest BCUT2D eigenvalue weighted by atomic mass is 10.1. The second kappa shape index (κ2) is 8.79. The van der Waals surface area contributed by atoms with Gasteiger partial charge in [0.2, 0.25) is 0 Å². The Hall–Kier alpha value is -4.00. The maximum atomic E-state index is 14.2. The van der Waals surface area contributed by atoms with Crippen molar-refractivity contribution in [2.24, 2.45) is 0 Å². The molecule has 2 aromatic heterocycles. The standard InChI is InChI=1S/C24H20FN3O3/c1-31-19-9-4-6-16(12-19)14-27-23(29)20-13-17-8-5-11-26-22(17)28(24(20)30)15-18-7-2-3-10-21(18)25/h2-13H,14-15H2,1H3,(H,27,29). The Kier molecular flexibility index (Phi) is 5.75. The van der Waals surface area contributed by atoms with E-state index < -0.39 is 17.3 Å². The molecule has 2 aromatic carbocycles. The largest absolute Gasteiger partial charge is 0.497 e. The van der Waals surface area contributed by atoms with Crippen LogP contribution in [0.3, 0.4) is 0 Å². The van der Waals surface area contributed by atoms with Gasteiger partial charge in [-0.2, -0.15) is 0 Å². The van der Waals surface area contributed by atoms with Crippen molar-refractivity contribution in [1.82, 2.24) is 14.9 Å². The number of ether oxygens (including phenoxy) is 1. The highest BCUT2D eigenvalue weighted by molar-refractivity contribution is 5.96. The van der Waals surface area contributed by atoms with E-state index in [-0.39, 0.29) is 18.7 Å². The van der Waals surface area contributed by atoms with E-state index in [4.69, 9.17) is 4.74 Å². The van der Waals surface area contributed by atoms with Crippen LogP contribution in [0.25, 0.3) is 11.0 Å². The fourth-order valence-corrected chi connectivity index (χ4v) is 3.37. The molecule has 0 aliphatic rings. The summed E-state index contributed by atoms with van der Waals surface area (Å²) in [6.45, 7) is 0.198. The summed E-state index contributed by atoms with van der Waals surface area (Å²) in [6, 6.07) is 18.5. The van der Waals surface area contributed by atoms with Gasteiger partial charge >= 0.3 is 0 Å². The minimum absolute atomic E-state index is 0.0280. The maximum absolute atomic E-state index is 14.2. The van der Waals surface area contributed by atoms with Crippen molar-refractivity contribution >= 4 is 16.9 Å². The van der Waals surface area contributed by atoms with E-state index >= 15 is 0 Å². The molecule has 0 bridgehead atoms. The van der Waals surface area contributed by atoms with Crippen molar-refractivity contribution in [1.29, 1.82) is 0 Å². The number of nitrogens with zero attached hydrogens (tertiary/aromatic N) is 2. The molecular weight excluding hydrogens is 397 g/mol. The Morgan fingerprint density at radius 3 is 2.74 bits per heavy atom. The molecule has 0 atom stereocenters. The highest BCUT2D eigenvalue weighted by Crippen LogP contribution is 2.15. The van der Waals surface area contributed by atoms with Crippen LogP contribution in [0.5, 0.6) is 5.75 Å². The first-order valence-corrected chi connectivity index (χ1v) is 9.70. The maximum Gasteiger partial charge on any atom is 0.265 e. The minimum atomic E-state index is -0.530. The number of nitrogens with one attached hydrogen (secondary N) is 1. The molecule has 0 aliphatic carbocycles. The number of hydrogen-bond donors (Lipinski definition) is 1. The predicted molar refractivity (Wildman–Crippen MR) is 116 cm³/mol. The normalized spacial score (nSPS) is 10.8. The van der Waals surface area contributed by atoms with Gasteiger partial charge in [0.25, 0.3) is 11.5 Å². The zero-order valence-corrected chi connectivity index (χ0v) is 16.8. The van der Waals surface area contributed by atoms with Gasteiger partial charge in [0.1, 0.15) is 22.8 Å². The van der Waals surface area contributed by atoms with Gasteiger partial charge in [0.05, 0.1) is 13.7 Å². The van der Waals surface area contributed by atoms with Crippen molar-refractivity contribution in [2.45, 2.75) is 13.1 Å². The Morgan fingerprint density at radius 2 is 1.94 bits per heavy atom. The zero-order chi connectivity index (χ0) is 21.8. The third-order valence-electron chi connectivity index (χ3n) is 4.97. The predicted octanol–water partition coefficient (Wildman–Crippen LogP) is 3.52. The van der Waals surface area contributed by atoms with Crippen LogP contribution in [0.15, 0.2) is 77.7 Å². The van der Waals surface area contributed by atoms with Crippen LogP contribution in [0.4, 0.5) is 4.39 Å². The van der Waals surface area contributed by atoms with Gasteiger partial charge in [0, 0.05) is 23.7 Å². The van der Waals surface area contributed by atoms with E-state index in [9.17, 15) is 14.0 Å². The first kappa shape index (κ1) is 20.3. The molecule has 6 nitrogen and oxygen atoms in total. The molecule has 0 aliphatic heterocycles. The average Bonchev–Trinajstić information content (AvgIpc) is 2.80. The lowest BCUT2D eigenvalue weighted by Crippen LogP contribution is -2.33.